The van der Waals surface area contributed by atoms with E-state index in [0.29, 0.717) is 0 Å². The molecule has 4 heterocycles. The Kier molecular flexibility index (Phi) is 13.2. The van der Waals surface area contributed by atoms with Crippen LogP contribution in [-0.4, -0.2) is 134 Å². The number of piperidine rings is 4. The van der Waals surface area contributed by atoms with Crippen molar-refractivity contribution in [1.82, 2.24) is 20.3 Å². The molecular weight excluding hydrogens is 789 g/mol. The second-order valence-electron chi connectivity index (χ2n) is 24.2. The second-order valence-corrected chi connectivity index (χ2v) is 24.2. The van der Waals surface area contributed by atoms with Crippen LogP contribution in [0.3, 0.4) is 0 Å². The molecule has 4 saturated heterocycles. The molecule has 4 unspecified atom stereocenters. The summed E-state index contributed by atoms with van der Waals surface area (Å²) in [5.74, 6) is -5.09. The van der Waals surface area contributed by atoms with Crippen LogP contribution in [0.2, 0.25) is 0 Å². The molecule has 0 spiro atoms. The van der Waals surface area contributed by atoms with Gasteiger partial charge < -0.3 is 39.8 Å². The summed E-state index contributed by atoms with van der Waals surface area (Å²) >= 11 is 0. The number of carbonyl (C=O) groups is 4. The molecule has 0 aromatic rings. The maximum atomic E-state index is 14.5. The fourth-order valence-corrected chi connectivity index (χ4v) is 12.1. The number of esters is 4. The maximum Gasteiger partial charge on any atom is 0.309 e. The molecule has 1 aliphatic carbocycles. The smallest absolute Gasteiger partial charge is 0.309 e. The van der Waals surface area contributed by atoms with Crippen LogP contribution < -0.4 is 0 Å². The molecule has 61 heavy (non-hydrogen) atoms. The van der Waals surface area contributed by atoms with Gasteiger partial charge in [-0.15, -0.1) is 0 Å². The van der Waals surface area contributed by atoms with Crippen molar-refractivity contribution >= 4 is 23.9 Å². The Labute approximate surface area is 363 Å². The molecule has 16 nitrogen and oxygen atoms in total. The van der Waals surface area contributed by atoms with Gasteiger partial charge in [-0.3, -0.25) is 19.2 Å². The third-order valence-corrected chi connectivity index (χ3v) is 14.4. The predicted octanol–water partition coefficient (Wildman–Crippen LogP) is 6.67. The van der Waals surface area contributed by atoms with Gasteiger partial charge in [-0.25, -0.2) is 0 Å². The van der Waals surface area contributed by atoms with Gasteiger partial charge in [-0.2, -0.15) is 20.3 Å². The van der Waals surface area contributed by atoms with Crippen molar-refractivity contribution in [3.05, 3.63) is 0 Å². The van der Waals surface area contributed by atoms with E-state index in [0.717, 1.165) is 0 Å². The maximum absolute atomic E-state index is 14.5. The van der Waals surface area contributed by atoms with E-state index < -0.39 is 116 Å². The van der Waals surface area contributed by atoms with Crippen molar-refractivity contribution in [2.45, 2.75) is 237 Å². The van der Waals surface area contributed by atoms with Crippen molar-refractivity contribution in [2.24, 2.45) is 23.7 Å². The SMILES string of the molecule is CC1(C)CC(C(=O)OC2CC(OC(=O)C3CC(C)(C)N(O)C(C)(C)C3)C(OC(=O)C3CC(C)(C)N(O)C(C)(C)C3)C2OC(=O)C2CC(C)(C)N(O)C(C)(C)C2)CC(C)(C)N1O. The van der Waals surface area contributed by atoms with Gasteiger partial charge in [0.05, 0.1) is 23.7 Å². The van der Waals surface area contributed by atoms with Crippen LogP contribution in [0.5, 0.6) is 0 Å². The van der Waals surface area contributed by atoms with Crippen LogP contribution in [0.15, 0.2) is 0 Å². The number of carbonyl (C=O) groups excluding carboxylic acids is 4. The summed E-state index contributed by atoms with van der Waals surface area (Å²) in [6, 6.07) is 0. The normalized spacial score (nSPS) is 33.1. The molecule has 5 fully saturated rings. The van der Waals surface area contributed by atoms with Crippen LogP contribution in [0, 0.1) is 23.7 Å². The largest absolute Gasteiger partial charge is 0.458 e. The molecule has 350 valence electrons. The number of rotatable bonds is 8. The molecule has 0 aromatic heterocycles. The van der Waals surface area contributed by atoms with Gasteiger partial charge in [0.1, 0.15) is 12.2 Å². The number of nitrogens with zero attached hydrogens (tertiary/aromatic N) is 4. The highest BCUT2D eigenvalue weighted by molar-refractivity contribution is 5.76. The molecule has 4 atom stereocenters. The van der Waals surface area contributed by atoms with E-state index in [1.807, 2.05) is 111 Å². The minimum Gasteiger partial charge on any atom is -0.458 e. The summed E-state index contributed by atoms with van der Waals surface area (Å²) in [6.45, 7) is 29.4. The van der Waals surface area contributed by atoms with E-state index in [4.69, 9.17) is 18.9 Å². The highest BCUT2D eigenvalue weighted by Crippen LogP contribution is 2.46. The van der Waals surface area contributed by atoms with Crippen molar-refractivity contribution in [2.75, 3.05) is 0 Å². The minimum atomic E-state index is -1.37. The molecule has 0 bridgehead atoms. The van der Waals surface area contributed by atoms with Gasteiger partial charge in [0.2, 0.25) is 0 Å². The highest BCUT2D eigenvalue weighted by atomic mass is 16.6. The number of hydroxylamine groups is 8. The second kappa shape index (κ2) is 16.2. The van der Waals surface area contributed by atoms with Gasteiger partial charge in [-0.1, -0.05) is 0 Å². The Balaban J connectivity index is 1.53. The topological polar surface area (TPSA) is 199 Å². The molecule has 0 radical (unpaired) electrons. The quantitative estimate of drug-likeness (QED) is 0.149. The average Bonchev–Trinajstić information content (AvgIpc) is 3.39. The van der Waals surface area contributed by atoms with Gasteiger partial charge in [0, 0.05) is 50.7 Å². The Hall–Kier alpha value is -2.44. The first-order chi connectivity index (χ1) is 27.4. The van der Waals surface area contributed by atoms with E-state index >= 15 is 0 Å². The highest BCUT2D eigenvalue weighted by Gasteiger charge is 2.58. The monoisotopic (exact) mass is 867 g/mol. The Morgan fingerprint density at radius 1 is 0.344 bits per heavy atom. The zero-order valence-electron chi connectivity index (χ0n) is 39.8. The van der Waals surface area contributed by atoms with E-state index in [-0.39, 0.29) is 57.8 Å². The molecule has 4 N–H and O–H groups in total. The van der Waals surface area contributed by atoms with Crippen LogP contribution in [0.25, 0.3) is 0 Å². The van der Waals surface area contributed by atoms with Crippen molar-refractivity contribution in [1.29, 1.82) is 0 Å². The molecule has 5 aliphatic rings. The van der Waals surface area contributed by atoms with E-state index in [2.05, 4.69) is 0 Å². The van der Waals surface area contributed by atoms with Crippen LogP contribution in [0.4, 0.5) is 0 Å². The average molecular weight is 867 g/mol. The zero-order chi connectivity index (χ0) is 46.4. The van der Waals surface area contributed by atoms with Gasteiger partial charge in [-0.05, 0) is 162 Å². The summed E-state index contributed by atoms with van der Waals surface area (Å²) in [5.41, 5.74) is -6.31. The van der Waals surface area contributed by atoms with Crippen LogP contribution in [-0.2, 0) is 38.1 Å². The standard InChI is InChI=1S/C45H78N4O12/c1-38(2)18-26(19-39(3,4)46(38)54)34(50)58-30-17-31(59-35(51)27-20-40(5,6)47(55)41(7,8)21-27)33(61-37(53)29-24-44(13,14)49(57)45(15,16)25-29)32(30)60-36(52)28-22-42(9,10)48(56)43(11,12)23-28/h26-33,54-57H,17-25H2,1-16H3. The van der Waals surface area contributed by atoms with Crippen molar-refractivity contribution < 1.29 is 59.0 Å². The molecule has 16 heteroatoms. The number of hydrogen-bond donors (Lipinski definition) is 4. The third-order valence-electron chi connectivity index (χ3n) is 14.4. The lowest BCUT2D eigenvalue weighted by Crippen LogP contribution is -2.61. The summed E-state index contributed by atoms with van der Waals surface area (Å²) in [7, 11) is 0. The molecule has 1 saturated carbocycles. The molecule has 4 aliphatic heterocycles. The summed E-state index contributed by atoms with van der Waals surface area (Å²) < 4.78 is 25.4. The lowest BCUT2D eigenvalue weighted by molar-refractivity contribution is -0.256. The van der Waals surface area contributed by atoms with E-state index in [1.54, 1.807) is 0 Å². The Bertz CT molecular complexity index is 1500. The first-order valence-corrected chi connectivity index (χ1v) is 22.2. The fourth-order valence-electron chi connectivity index (χ4n) is 12.1. The van der Waals surface area contributed by atoms with Crippen LogP contribution in [0.1, 0.15) is 169 Å². The Morgan fingerprint density at radius 3 is 0.689 bits per heavy atom. The summed E-state index contributed by atoms with van der Waals surface area (Å²) in [4.78, 5) is 57.5. The fraction of sp³-hybridized carbons (Fsp3) is 0.911. The van der Waals surface area contributed by atoms with Gasteiger partial charge in [0.25, 0.3) is 0 Å². The third kappa shape index (κ3) is 9.96. The predicted molar refractivity (Wildman–Crippen MR) is 222 cm³/mol. The molecule has 5 rings (SSSR count). The molecule has 0 amide bonds. The van der Waals surface area contributed by atoms with Crippen molar-refractivity contribution in [3.63, 3.8) is 0 Å². The van der Waals surface area contributed by atoms with Crippen molar-refractivity contribution in [3.8, 4) is 0 Å². The lowest BCUT2D eigenvalue weighted by Gasteiger charge is -2.51. The number of hydrogen-bond acceptors (Lipinski definition) is 16. The first kappa shape index (κ1) is 49.6. The summed E-state index contributed by atoms with van der Waals surface area (Å²) in [5, 5.41) is 49.1. The van der Waals surface area contributed by atoms with Crippen LogP contribution >= 0.6 is 0 Å². The zero-order valence-corrected chi connectivity index (χ0v) is 39.8. The number of ether oxygens (including phenoxy) is 4. The van der Waals surface area contributed by atoms with Gasteiger partial charge in [0.15, 0.2) is 12.2 Å². The van der Waals surface area contributed by atoms with Gasteiger partial charge >= 0.3 is 23.9 Å². The minimum absolute atomic E-state index is 0.136. The lowest BCUT2D eigenvalue weighted by atomic mass is 9.75. The Morgan fingerprint density at radius 2 is 0.508 bits per heavy atom. The molecular formula is C45H78N4O12. The summed E-state index contributed by atoms with van der Waals surface area (Å²) in [6.07, 6.45) is -3.20. The van der Waals surface area contributed by atoms with E-state index in [9.17, 15) is 40.0 Å². The molecule has 0 aromatic carbocycles. The van der Waals surface area contributed by atoms with E-state index in [1.165, 1.54) is 20.3 Å². The first-order valence-electron chi connectivity index (χ1n) is 22.2.